The predicted molar refractivity (Wildman–Crippen MR) is 123 cm³/mol. The summed E-state index contributed by atoms with van der Waals surface area (Å²) in [5.74, 6) is 2.26. The molecule has 0 radical (unpaired) electrons. The van der Waals surface area contributed by atoms with Crippen LogP contribution in [0.1, 0.15) is 34.7 Å². The lowest BCUT2D eigenvalue weighted by atomic mass is 10.0. The molecular formula is C24H27N3O3S. The molecule has 4 rings (SSSR count). The molecule has 1 amide bonds. The fourth-order valence-electron chi connectivity index (χ4n) is 3.88. The van der Waals surface area contributed by atoms with Gasteiger partial charge in [-0.2, -0.15) is 0 Å². The molecule has 1 aliphatic rings. The number of rotatable bonds is 7. The standard InChI is InChI=1S/C24H27N3O3S/c1-17-14-19(30-26-17)16-31-23-12-6-3-9-20(23)24(28)25-18-8-7-13-27(15-18)21-10-4-5-11-22(21)29-2/h3-6,9-12,14,18H,7-8,13,15-16H2,1-2H3,(H,25,28). The average Bonchev–Trinajstić information content (AvgIpc) is 3.23. The highest BCUT2D eigenvalue weighted by Gasteiger charge is 2.24. The zero-order valence-electron chi connectivity index (χ0n) is 17.8. The number of ether oxygens (including phenoxy) is 1. The summed E-state index contributed by atoms with van der Waals surface area (Å²) in [6.07, 6.45) is 1.98. The van der Waals surface area contributed by atoms with Crippen LogP contribution in [-0.2, 0) is 5.75 Å². The van der Waals surface area contributed by atoms with Gasteiger partial charge in [-0.15, -0.1) is 11.8 Å². The van der Waals surface area contributed by atoms with Crippen molar-refractivity contribution in [2.45, 2.75) is 36.5 Å². The van der Waals surface area contributed by atoms with E-state index in [4.69, 9.17) is 9.26 Å². The Morgan fingerprint density at radius 1 is 1.26 bits per heavy atom. The number of carbonyl (C=O) groups is 1. The van der Waals surface area contributed by atoms with Crippen LogP contribution in [0.25, 0.3) is 0 Å². The average molecular weight is 438 g/mol. The number of thioether (sulfide) groups is 1. The minimum absolute atomic E-state index is 0.0382. The molecule has 1 aliphatic heterocycles. The first kappa shape index (κ1) is 21.3. The highest BCUT2D eigenvalue weighted by molar-refractivity contribution is 7.98. The summed E-state index contributed by atoms with van der Waals surface area (Å²) >= 11 is 1.58. The first-order valence-corrected chi connectivity index (χ1v) is 11.5. The monoisotopic (exact) mass is 437 g/mol. The van der Waals surface area contributed by atoms with Crippen LogP contribution in [0.3, 0.4) is 0 Å². The molecule has 1 fully saturated rings. The summed E-state index contributed by atoms with van der Waals surface area (Å²) < 4.78 is 10.8. The molecule has 0 spiro atoms. The number of methoxy groups -OCH3 is 1. The van der Waals surface area contributed by atoms with E-state index in [2.05, 4.69) is 21.4 Å². The second kappa shape index (κ2) is 9.92. The maximum absolute atomic E-state index is 13.1. The largest absolute Gasteiger partial charge is 0.495 e. The summed E-state index contributed by atoms with van der Waals surface area (Å²) in [6.45, 7) is 3.62. The Hall–Kier alpha value is -2.93. The molecule has 31 heavy (non-hydrogen) atoms. The number of hydrogen-bond donors (Lipinski definition) is 1. The smallest absolute Gasteiger partial charge is 0.252 e. The third kappa shape index (κ3) is 5.22. The van der Waals surface area contributed by atoms with Gasteiger partial charge in [0.15, 0.2) is 0 Å². The lowest BCUT2D eigenvalue weighted by Crippen LogP contribution is -2.48. The van der Waals surface area contributed by atoms with E-state index in [0.29, 0.717) is 11.3 Å². The molecule has 0 aliphatic carbocycles. The van der Waals surface area contributed by atoms with Gasteiger partial charge in [0.05, 0.1) is 29.8 Å². The number of piperidine rings is 1. The van der Waals surface area contributed by atoms with Crippen LogP contribution in [0.4, 0.5) is 5.69 Å². The summed E-state index contributed by atoms with van der Waals surface area (Å²) in [5, 5.41) is 7.17. The number of nitrogens with zero attached hydrogens (tertiary/aromatic N) is 2. The van der Waals surface area contributed by atoms with Crippen molar-refractivity contribution in [2.24, 2.45) is 0 Å². The zero-order valence-corrected chi connectivity index (χ0v) is 18.7. The van der Waals surface area contributed by atoms with Gasteiger partial charge in [0, 0.05) is 30.1 Å². The van der Waals surface area contributed by atoms with Gasteiger partial charge in [0.2, 0.25) is 0 Å². The molecular weight excluding hydrogens is 410 g/mol. The van der Waals surface area contributed by atoms with E-state index in [-0.39, 0.29) is 11.9 Å². The number of aryl methyl sites for hydroxylation is 1. The number of para-hydroxylation sites is 2. The molecule has 7 heteroatoms. The molecule has 1 atom stereocenters. The van der Waals surface area contributed by atoms with Crippen molar-refractivity contribution in [3.8, 4) is 5.75 Å². The maximum atomic E-state index is 13.1. The fraction of sp³-hybridized carbons (Fsp3) is 0.333. The number of nitrogens with one attached hydrogen (secondary N) is 1. The molecule has 1 aromatic heterocycles. The number of hydrogen-bond acceptors (Lipinski definition) is 6. The normalized spacial score (nSPS) is 16.2. The molecule has 1 N–H and O–H groups in total. The summed E-state index contributed by atoms with van der Waals surface area (Å²) in [4.78, 5) is 16.3. The molecule has 1 saturated heterocycles. The van der Waals surface area contributed by atoms with E-state index in [0.717, 1.165) is 53.7 Å². The van der Waals surface area contributed by atoms with Crippen molar-refractivity contribution in [1.29, 1.82) is 0 Å². The third-order valence-electron chi connectivity index (χ3n) is 5.36. The predicted octanol–water partition coefficient (Wildman–Crippen LogP) is 4.68. The Bertz CT molecular complexity index is 1040. The molecule has 2 aromatic carbocycles. The van der Waals surface area contributed by atoms with Crippen LogP contribution in [-0.4, -0.2) is 37.3 Å². The van der Waals surface area contributed by atoms with Gasteiger partial charge < -0.3 is 19.5 Å². The van der Waals surface area contributed by atoms with Gasteiger partial charge in [0.1, 0.15) is 11.5 Å². The number of aromatic nitrogens is 1. The van der Waals surface area contributed by atoms with E-state index >= 15 is 0 Å². The van der Waals surface area contributed by atoms with Crippen LogP contribution < -0.4 is 15.0 Å². The van der Waals surface area contributed by atoms with Gasteiger partial charge in [-0.1, -0.05) is 29.4 Å². The van der Waals surface area contributed by atoms with Gasteiger partial charge >= 0.3 is 0 Å². The Kier molecular flexibility index (Phi) is 6.82. The topological polar surface area (TPSA) is 67.6 Å². The van der Waals surface area contributed by atoms with Crippen LogP contribution in [0.15, 0.2) is 64.0 Å². The van der Waals surface area contributed by atoms with Crippen molar-refractivity contribution < 1.29 is 14.1 Å². The summed E-state index contributed by atoms with van der Waals surface area (Å²) in [7, 11) is 1.69. The fourth-order valence-corrected chi connectivity index (χ4v) is 4.81. The van der Waals surface area contributed by atoms with Crippen molar-refractivity contribution in [3.63, 3.8) is 0 Å². The minimum Gasteiger partial charge on any atom is -0.495 e. The Morgan fingerprint density at radius 3 is 2.87 bits per heavy atom. The lowest BCUT2D eigenvalue weighted by Gasteiger charge is -2.35. The number of anilines is 1. The summed E-state index contributed by atoms with van der Waals surface area (Å²) in [5.41, 5.74) is 2.62. The van der Waals surface area contributed by atoms with Crippen LogP contribution in [0.5, 0.6) is 5.75 Å². The van der Waals surface area contributed by atoms with E-state index < -0.39 is 0 Å². The first-order chi connectivity index (χ1) is 15.1. The van der Waals surface area contributed by atoms with E-state index in [1.165, 1.54) is 0 Å². The Balaban J connectivity index is 1.42. The lowest BCUT2D eigenvalue weighted by molar-refractivity contribution is 0.0930. The van der Waals surface area contributed by atoms with Gasteiger partial charge in [-0.05, 0) is 44.0 Å². The van der Waals surface area contributed by atoms with Crippen LogP contribution in [0.2, 0.25) is 0 Å². The van der Waals surface area contributed by atoms with Crippen LogP contribution in [0, 0.1) is 6.92 Å². The molecule has 1 unspecified atom stereocenters. The van der Waals surface area contributed by atoms with Crippen molar-refractivity contribution in [2.75, 3.05) is 25.1 Å². The molecule has 6 nitrogen and oxygen atoms in total. The third-order valence-corrected chi connectivity index (χ3v) is 6.46. The summed E-state index contributed by atoms with van der Waals surface area (Å²) in [6, 6.07) is 17.7. The highest BCUT2D eigenvalue weighted by Crippen LogP contribution is 2.30. The quantitative estimate of drug-likeness (QED) is 0.541. The molecule has 0 saturated carbocycles. The van der Waals surface area contributed by atoms with Crippen LogP contribution >= 0.6 is 11.8 Å². The van der Waals surface area contributed by atoms with E-state index in [1.54, 1.807) is 18.9 Å². The second-order valence-corrected chi connectivity index (χ2v) is 8.67. The van der Waals surface area contributed by atoms with Crippen molar-refractivity contribution in [3.05, 3.63) is 71.6 Å². The first-order valence-electron chi connectivity index (χ1n) is 10.5. The van der Waals surface area contributed by atoms with Crippen molar-refractivity contribution >= 4 is 23.4 Å². The molecule has 3 aromatic rings. The second-order valence-electron chi connectivity index (χ2n) is 7.65. The van der Waals surface area contributed by atoms with Crippen molar-refractivity contribution in [1.82, 2.24) is 10.5 Å². The molecule has 0 bridgehead atoms. The highest BCUT2D eigenvalue weighted by atomic mass is 32.2. The van der Waals surface area contributed by atoms with Gasteiger partial charge in [-0.3, -0.25) is 4.79 Å². The Morgan fingerprint density at radius 2 is 2.06 bits per heavy atom. The molecule has 2 heterocycles. The SMILES string of the molecule is COc1ccccc1N1CCCC(NC(=O)c2ccccc2SCc2cc(C)no2)C1. The van der Waals surface area contributed by atoms with Gasteiger partial charge in [0.25, 0.3) is 5.91 Å². The number of carbonyl (C=O) groups excluding carboxylic acids is 1. The molecule has 162 valence electrons. The maximum Gasteiger partial charge on any atom is 0.252 e. The number of amides is 1. The van der Waals surface area contributed by atoms with E-state index in [1.807, 2.05) is 55.5 Å². The number of benzene rings is 2. The minimum atomic E-state index is -0.0382. The Labute approximate surface area is 186 Å². The van der Waals surface area contributed by atoms with E-state index in [9.17, 15) is 4.79 Å². The zero-order chi connectivity index (χ0) is 21.6. The van der Waals surface area contributed by atoms with Gasteiger partial charge in [-0.25, -0.2) is 0 Å².